The number of carbonyl (C=O) groups excluding carboxylic acids is 2. The number of rotatable bonds is 12. The summed E-state index contributed by atoms with van der Waals surface area (Å²) in [6.07, 6.45) is 1.17. The van der Waals surface area contributed by atoms with E-state index in [-0.39, 0.29) is 42.1 Å². The number of amides is 1. The minimum absolute atomic E-state index is 0.0188. The Morgan fingerprint density at radius 2 is 1.95 bits per heavy atom. The topological polar surface area (TPSA) is 122 Å². The van der Waals surface area contributed by atoms with Crippen molar-refractivity contribution in [2.45, 2.75) is 43.3 Å². The highest BCUT2D eigenvalue weighted by atomic mass is 32.2. The molecule has 0 unspecified atom stereocenters. The molecular weight excluding hydrogens is 557 g/mol. The monoisotopic (exact) mass is 588 g/mol. The zero-order valence-corrected chi connectivity index (χ0v) is 23.2. The highest BCUT2D eigenvalue weighted by molar-refractivity contribution is 7.84. The van der Waals surface area contributed by atoms with E-state index in [0.717, 1.165) is 0 Å². The molecule has 0 aliphatic heterocycles. The van der Waals surface area contributed by atoms with Crippen molar-refractivity contribution in [3.05, 3.63) is 41.0 Å². The van der Waals surface area contributed by atoms with E-state index in [1.165, 1.54) is 42.8 Å². The summed E-state index contributed by atoms with van der Waals surface area (Å²) in [6.45, 7) is 0.518. The van der Waals surface area contributed by atoms with E-state index in [1.54, 1.807) is 6.08 Å². The second-order valence-electron chi connectivity index (χ2n) is 8.77. The fourth-order valence-corrected chi connectivity index (χ4v) is 4.99. The van der Waals surface area contributed by atoms with Crippen molar-refractivity contribution in [2.75, 3.05) is 47.1 Å². The molecule has 1 atom stereocenters. The lowest BCUT2D eigenvalue weighted by Gasteiger charge is -2.20. The molecule has 11 nitrogen and oxygen atoms in total. The van der Waals surface area contributed by atoms with Crippen LogP contribution in [0.5, 0.6) is 5.75 Å². The molecule has 0 aromatic carbocycles. The Morgan fingerprint density at radius 3 is 2.67 bits per heavy atom. The third-order valence-electron chi connectivity index (χ3n) is 5.80. The highest BCUT2D eigenvalue weighted by Crippen LogP contribution is 2.27. The number of allylic oxidation sites excluding steroid dienone is 1. The molecule has 0 bridgehead atoms. The van der Waals surface area contributed by atoms with Crippen molar-refractivity contribution >= 4 is 29.1 Å². The molecule has 0 radical (unpaired) electrons. The molecule has 2 aromatic rings. The summed E-state index contributed by atoms with van der Waals surface area (Å²) in [5.74, 6) is -0.234. The van der Waals surface area contributed by atoms with Gasteiger partial charge in [0, 0.05) is 38.9 Å². The van der Waals surface area contributed by atoms with Gasteiger partial charge in [0.25, 0.3) is 0 Å². The number of hydrogen-bond donors (Lipinski definition) is 0. The number of alkyl halides is 3. The Balaban J connectivity index is 1.73. The summed E-state index contributed by atoms with van der Waals surface area (Å²) in [5.41, 5.74) is 1.63. The van der Waals surface area contributed by atoms with Gasteiger partial charge in [-0.1, -0.05) is 6.08 Å². The van der Waals surface area contributed by atoms with Crippen molar-refractivity contribution in [1.29, 1.82) is 0 Å². The summed E-state index contributed by atoms with van der Waals surface area (Å²) < 4.78 is 72.3. The number of aromatic nitrogens is 3. The van der Waals surface area contributed by atoms with E-state index in [2.05, 4.69) is 9.97 Å². The quantitative estimate of drug-likeness (QED) is 0.269. The molecule has 15 heteroatoms. The van der Waals surface area contributed by atoms with Crippen LogP contribution in [0.2, 0.25) is 0 Å². The number of imidazole rings is 1. The van der Waals surface area contributed by atoms with Crippen LogP contribution in [0.4, 0.5) is 22.8 Å². The van der Waals surface area contributed by atoms with Crippen LogP contribution in [0.1, 0.15) is 35.5 Å². The molecule has 0 spiro atoms. The van der Waals surface area contributed by atoms with E-state index in [9.17, 15) is 27.0 Å². The Hall–Kier alpha value is -3.46. The molecule has 40 heavy (non-hydrogen) atoms. The van der Waals surface area contributed by atoms with Crippen LogP contribution in [-0.2, 0) is 37.2 Å². The second kappa shape index (κ2) is 14.3. The predicted molar refractivity (Wildman–Crippen MR) is 137 cm³/mol. The highest BCUT2D eigenvalue weighted by Gasteiger charge is 2.30. The molecule has 220 valence electrons. The molecule has 0 fully saturated rings. The summed E-state index contributed by atoms with van der Waals surface area (Å²) in [7, 11) is 1.14. The number of pyridine rings is 1. The van der Waals surface area contributed by atoms with Crippen molar-refractivity contribution in [1.82, 2.24) is 19.4 Å². The first kappa shape index (κ1) is 31.1. The van der Waals surface area contributed by atoms with Crippen LogP contribution < -0.4 is 4.74 Å². The number of ether oxygens (including phenoxy) is 4. The summed E-state index contributed by atoms with van der Waals surface area (Å²) >= 11 is 0. The third kappa shape index (κ3) is 8.52. The van der Waals surface area contributed by atoms with E-state index >= 15 is 0 Å². The summed E-state index contributed by atoms with van der Waals surface area (Å²) in [5, 5.41) is -0.0188. The van der Waals surface area contributed by atoms with Gasteiger partial charge in [0.2, 0.25) is 5.16 Å². The molecule has 0 N–H and O–H groups in total. The van der Waals surface area contributed by atoms with Crippen LogP contribution in [0, 0.1) is 6.92 Å². The summed E-state index contributed by atoms with van der Waals surface area (Å²) in [6, 6.07) is 0.768. The van der Waals surface area contributed by atoms with Crippen LogP contribution >= 0.6 is 0 Å². The first-order valence-corrected chi connectivity index (χ1v) is 13.7. The standard InChI is InChI=1S/C25H31F3N4O7S/c1-17-19(29-10-9-21(17)39-16-25(26,27)28)15-40(35)22-30-18-7-4-5-8-20(18)32(22)23(33)31(2)11-14-38-24(34)37-13-6-12-36-3/h4,7,9-10H,5-6,8,11-16H2,1-3H3/t40-/m1/s1. The average Bonchev–Trinajstić information content (AvgIpc) is 3.30. The van der Waals surface area contributed by atoms with Gasteiger partial charge in [-0.15, -0.1) is 0 Å². The van der Waals surface area contributed by atoms with E-state index in [0.29, 0.717) is 42.8 Å². The van der Waals surface area contributed by atoms with Crippen molar-refractivity contribution in [3.8, 4) is 5.75 Å². The first-order chi connectivity index (χ1) is 19.0. The molecule has 0 saturated heterocycles. The molecule has 3 rings (SSSR count). The average molecular weight is 589 g/mol. The zero-order chi connectivity index (χ0) is 29.3. The molecule has 2 aromatic heterocycles. The number of halogens is 3. The molecule has 0 saturated carbocycles. The van der Waals surface area contributed by atoms with Gasteiger partial charge < -0.3 is 23.8 Å². The molecule has 1 amide bonds. The molecule has 2 heterocycles. The van der Waals surface area contributed by atoms with Crippen LogP contribution in [-0.4, -0.2) is 89.1 Å². The maximum absolute atomic E-state index is 13.5. The SMILES string of the molecule is COCCCOC(=O)OCCN(C)C(=O)n1c([S@](=O)Cc2nccc(OCC(F)(F)F)c2C)nc2c1CCC=C2. The number of methoxy groups -OCH3 is 1. The lowest BCUT2D eigenvalue weighted by Crippen LogP contribution is -2.36. The number of likely N-dealkylation sites (N-methyl/N-ethyl adjacent to an activating group) is 1. The Morgan fingerprint density at radius 1 is 1.20 bits per heavy atom. The fourth-order valence-electron chi connectivity index (χ4n) is 3.73. The smallest absolute Gasteiger partial charge is 0.484 e. The number of fused-ring (bicyclic) bond motifs is 1. The second-order valence-corrected chi connectivity index (χ2v) is 10.1. The van der Waals surface area contributed by atoms with Crippen LogP contribution in [0.15, 0.2) is 23.5 Å². The minimum atomic E-state index is -4.52. The molecular formula is C25H31F3N4O7S. The van der Waals surface area contributed by atoms with E-state index < -0.39 is 35.8 Å². The maximum Gasteiger partial charge on any atom is 0.508 e. The van der Waals surface area contributed by atoms with Crippen molar-refractivity contribution < 1.29 is 45.9 Å². The van der Waals surface area contributed by atoms with Crippen molar-refractivity contribution in [2.24, 2.45) is 0 Å². The molecule has 1 aliphatic rings. The largest absolute Gasteiger partial charge is 0.508 e. The minimum Gasteiger partial charge on any atom is -0.484 e. The van der Waals surface area contributed by atoms with Crippen LogP contribution in [0.25, 0.3) is 6.08 Å². The first-order valence-electron chi connectivity index (χ1n) is 12.4. The fraction of sp³-hybridized carbons (Fsp3) is 0.520. The Kier molecular flexibility index (Phi) is 11.1. The lowest BCUT2D eigenvalue weighted by atomic mass is 10.1. The Bertz CT molecular complexity index is 1250. The third-order valence-corrected chi connectivity index (χ3v) is 7.01. The van der Waals surface area contributed by atoms with Crippen LogP contribution in [0.3, 0.4) is 0 Å². The molecule has 1 aliphatic carbocycles. The van der Waals surface area contributed by atoms with Gasteiger partial charge in [0.05, 0.1) is 46.8 Å². The Labute approximate surface area is 231 Å². The van der Waals surface area contributed by atoms with Gasteiger partial charge in [-0.25, -0.2) is 19.1 Å². The lowest BCUT2D eigenvalue weighted by molar-refractivity contribution is -0.153. The van der Waals surface area contributed by atoms with E-state index in [4.69, 9.17) is 18.9 Å². The predicted octanol–water partition coefficient (Wildman–Crippen LogP) is 3.88. The zero-order valence-electron chi connectivity index (χ0n) is 22.4. The van der Waals surface area contributed by atoms with Gasteiger partial charge in [0.1, 0.15) is 12.4 Å². The van der Waals surface area contributed by atoms with Gasteiger partial charge in [-0.3, -0.25) is 9.19 Å². The normalized spacial score (nSPS) is 13.4. The number of nitrogens with zero attached hydrogens (tertiary/aromatic N) is 4. The maximum atomic E-state index is 13.5. The number of hydrogen-bond acceptors (Lipinski definition) is 9. The van der Waals surface area contributed by atoms with Crippen molar-refractivity contribution in [3.63, 3.8) is 0 Å². The van der Waals surface area contributed by atoms with Gasteiger partial charge in [0.15, 0.2) is 6.61 Å². The number of carbonyl (C=O) groups is 2. The van der Waals surface area contributed by atoms with Gasteiger partial charge >= 0.3 is 18.4 Å². The van der Waals surface area contributed by atoms with E-state index in [1.807, 2.05) is 6.08 Å². The van der Waals surface area contributed by atoms with Gasteiger partial charge in [-0.2, -0.15) is 13.2 Å². The van der Waals surface area contributed by atoms with Gasteiger partial charge in [-0.05, 0) is 31.9 Å². The summed E-state index contributed by atoms with van der Waals surface area (Å²) in [4.78, 5) is 35.0.